The average molecular weight is 207 g/mol. The third kappa shape index (κ3) is 4.75. The van der Waals surface area contributed by atoms with Crippen molar-refractivity contribution in [3.8, 4) is 0 Å². The lowest BCUT2D eigenvalue weighted by molar-refractivity contribution is -0.305. The Kier molecular flexibility index (Phi) is 4.28. The Hall–Kier alpha value is -1.91. The highest BCUT2D eigenvalue weighted by Crippen LogP contribution is 2.04. The SMILES string of the molecule is O=C([O-])CCCC(=O)Nc1cccnc1. The van der Waals surface area contributed by atoms with Crippen molar-refractivity contribution in [3.63, 3.8) is 0 Å². The van der Waals surface area contributed by atoms with Crippen LogP contribution in [0.2, 0.25) is 0 Å². The van der Waals surface area contributed by atoms with Crippen LogP contribution in [0, 0.1) is 0 Å². The molecule has 5 heteroatoms. The van der Waals surface area contributed by atoms with Gasteiger partial charge < -0.3 is 15.2 Å². The van der Waals surface area contributed by atoms with Crippen molar-refractivity contribution in [2.45, 2.75) is 19.3 Å². The number of amides is 1. The van der Waals surface area contributed by atoms with Gasteiger partial charge in [-0.1, -0.05) is 0 Å². The van der Waals surface area contributed by atoms with E-state index in [4.69, 9.17) is 0 Å². The maximum Gasteiger partial charge on any atom is 0.224 e. The summed E-state index contributed by atoms with van der Waals surface area (Å²) in [6, 6.07) is 3.42. The van der Waals surface area contributed by atoms with E-state index in [0.29, 0.717) is 5.69 Å². The third-order valence-electron chi connectivity index (χ3n) is 1.73. The maximum atomic E-state index is 11.2. The van der Waals surface area contributed by atoms with Gasteiger partial charge in [-0.25, -0.2) is 0 Å². The van der Waals surface area contributed by atoms with Crippen LogP contribution in [0.3, 0.4) is 0 Å². The van der Waals surface area contributed by atoms with Crippen LogP contribution in [0.15, 0.2) is 24.5 Å². The van der Waals surface area contributed by atoms with E-state index in [1.165, 1.54) is 6.20 Å². The van der Waals surface area contributed by atoms with Crippen LogP contribution in [0.1, 0.15) is 19.3 Å². The van der Waals surface area contributed by atoms with Crippen LogP contribution in [0.4, 0.5) is 5.69 Å². The fourth-order valence-corrected chi connectivity index (χ4v) is 1.05. The molecule has 0 spiro atoms. The molecule has 1 aromatic heterocycles. The molecule has 0 bridgehead atoms. The van der Waals surface area contributed by atoms with Gasteiger partial charge >= 0.3 is 0 Å². The van der Waals surface area contributed by atoms with Crippen LogP contribution >= 0.6 is 0 Å². The zero-order chi connectivity index (χ0) is 11.1. The number of carbonyl (C=O) groups is 2. The molecule has 0 fully saturated rings. The molecule has 0 saturated carbocycles. The van der Waals surface area contributed by atoms with Crippen molar-refractivity contribution in [1.29, 1.82) is 0 Å². The van der Waals surface area contributed by atoms with Crippen molar-refractivity contribution in [2.24, 2.45) is 0 Å². The Bertz CT molecular complexity index is 338. The monoisotopic (exact) mass is 207 g/mol. The predicted octanol–water partition coefficient (Wildman–Crippen LogP) is -0.0597. The van der Waals surface area contributed by atoms with Crippen LogP contribution in [-0.4, -0.2) is 16.9 Å². The highest BCUT2D eigenvalue weighted by molar-refractivity contribution is 5.90. The molecular weight excluding hydrogens is 196 g/mol. The first-order valence-electron chi connectivity index (χ1n) is 4.58. The van der Waals surface area contributed by atoms with Gasteiger partial charge in [-0.2, -0.15) is 0 Å². The molecule has 0 unspecified atom stereocenters. The second kappa shape index (κ2) is 5.74. The second-order valence-electron chi connectivity index (χ2n) is 3.02. The molecule has 0 aromatic carbocycles. The van der Waals surface area contributed by atoms with Gasteiger partial charge in [0.1, 0.15) is 0 Å². The van der Waals surface area contributed by atoms with Crippen molar-refractivity contribution in [1.82, 2.24) is 4.98 Å². The van der Waals surface area contributed by atoms with E-state index in [1.54, 1.807) is 18.3 Å². The van der Waals surface area contributed by atoms with Crippen molar-refractivity contribution in [2.75, 3.05) is 5.32 Å². The molecule has 0 saturated heterocycles. The number of carbonyl (C=O) groups excluding carboxylic acids is 2. The lowest BCUT2D eigenvalue weighted by atomic mass is 10.2. The summed E-state index contributed by atoms with van der Waals surface area (Å²) in [5, 5.41) is 12.7. The smallest absolute Gasteiger partial charge is 0.224 e. The molecule has 5 nitrogen and oxygen atoms in total. The zero-order valence-corrected chi connectivity index (χ0v) is 8.10. The van der Waals surface area contributed by atoms with Gasteiger partial charge in [-0.15, -0.1) is 0 Å². The molecule has 1 rings (SSSR count). The highest BCUT2D eigenvalue weighted by atomic mass is 16.4. The van der Waals surface area contributed by atoms with Crippen molar-refractivity contribution < 1.29 is 14.7 Å². The van der Waals surface area contributed by atoms with E-state index >= 15 is 0 Å². The molecular formula is C10H11N2O3-. The molecule has 0 aliphatic rings. The highest BCUT2D eigenvalue weighted by Gasteiger charge is 2.01. The van der Waals surface area contributed by atoms with Gasteiger partial charge in [-0.3, -0.25) is 9.78 Å². The summed E-state index contributed by atoms with van der Waals surface area (Å²) in [4.78, 5) is 25.2. The Labute approximate surface area is 87.1 Å². The minimum absolute atomic E-state index is 0.0968. The van der Waals surface area contributed by atoms with Crippen molar-refractivity contribution >= 4 is 17.6 Å². The number of hydrogen-bond acceptors (Lipinski definition) is 4. The molecule has 0 aliphatic carbocycles. The topological polar surface area (TPSA) is 82.1 Å². The van der Waals surface area contributed by atoms with Crippen molar-refractivity contribution in [3.05, 3.63) is 24.5 Å². The van der Waals surface area contributed by atoms with E-state index in [2.05, 4.69) is 10.3 Å². The summed E-state index contributed by atoms with van der Waals surface area (Å²) >= 11 is 0. The largest absolute Gasteiger partial charge is 0.550 e. The number of aliphatic carboxylic acids is 1. The third-order valence-corrected chi connectivity index (χ3v) is 1.73. The average Bonchev–Trinajstić information content (AvgIpc) is 2.18. The Balaban J connectivity index is 2.28. The van der Waals surface area contributed by atoms with Gasteiger partial charge in [-0.05, 0) is 25.0 Å². The number of carboxylic acid groups (broad SMARTS) is 1. The Morgan fingerprint density at radius 1 is 1.40 bits per heavy atom. The van der Waals surface area contributed by atoms with E-state index in [9.17, 15) is 14.7 Å². The van der Waals surface area contributed by atoms with Crippen LogP contribution in [-0.2, 0) is 9.59 Å². The van der Waals surface area contributed by atoms with Gasteiger partial charge in [0.05, 0.1) is 11.9 Å². The standard InChI is InChI=1S/C10H12N2O3/c13-9(4-1-5-10(14)15)12-8-3-2-6-11-7-8/h2-3,6-7H,1,4-5H2,(H,12,13)(H,14,15)/p-1. The normalized spacial score (nSPS) is 9.60. The molecule has 80 valence electrons. The van der Waals surface area contributed by atoms with Crippen LogP contribution < -0.4 is 10.4 Å². The van der Waals surface area contributed by atoms with Gasteiger partial charge in [0.25, 0.3) is 0 Å². The summed E-state index contributed by atoms with van der Waals surface area (Å²) in [6.07, 6.45) is 3.49. The minimum atomic E-state index is -1.14. The number of pyridine rings is 1. The fourth-order valence-electron chi connectivity index (χ4n) is 1.05. The summed E-state index contributed by atoms with van der Waals surface area (Å²) in [7, 11) is 0. The first-order valence-corrected chi connectivity index (χ1v) is 4.58. The minimum Gasteiger partial charge on any atom is -0.550 e. The first kappa shape index (κ1) is 11.2. The predicted molar refractivity (Wildman–Crippen MR) is 51.7 cm³/mol. The maximum absolute atomic E-state index is 11.2. The quantitative estimate of drug-likeness (QED) is 0.733. The fraction of sp³-hybridized carbons (Fsp3) is 0.300. The number of rotatable bonds is 5. The number of nitrogens with zero attached hydrogens (tertiary/aromatic N) is 1. The molecule has 1 N–H and O–H groups in total. The zero-order valence-electron chi connectivity index (χ0n) is 8.10. The molecule has 1 amide bonds. The second-order valence-corrected chi connectivity index (χ2v) is 3.02. The summed E-state index contributed by atoms with van der Waals surface area (Å²) in [5.41, 5.74) is 0.607. The molecule has 0 aliphatic heterocycles. The number of hydrogen-bond donors (Lipinski definition) is 1. The number of nitrogens with one attached hydrogen (secondary N) is 1. The lowest BCUT2D eigenvalue weighted by Crippen LogP contribution is -2.22. The molecule has 15 heavy (non-hydrogen) atoms. The summed E-state index contributed by atoms with van der Waals surface area (Å²) in [5.74, 6) is -1.35. The lowest BCUT2D eigenvalue weighted by Gasteiger charge is -2.04. The summed E-state index contributed by atoms with van der Waals surface area (Å²) in [6.45, 7) is 0. The van der Waals surface area contributed by atoms with Gasteiger partial charge in [0, 0.05) is 18.6 Å². The van der Waals surface area contributed by atoms with E-state index < -0.39 is 5.97 Å². The van der Waals surface area contributed by atoms with E-state index in [0.717, 1.165) is 0 Å². The van der Waals surface area contributed by atoms with Crippen LogP contribution in [0.25, 0.3) is 0 Å². The molecule has 0 radical (unpaired) electrons. The molecule has 1 aromatic rings. The number of anilines is 1. The first-order chi connectivity index (χ1) is 7.18. The molecule has 1 heterocycles. The van der Waals surface area contributed by atoms with E-state index in [-0.39, 0.29) is 25.2 Å². The Morgan fingerprint density at radius 2 is 2.20 bits per heavy atom. The van der Waals surface area contributed by atoms with Gasteiger partial charge in [0.2, 0.25) is 5.91 Å². The number of carboxylic acids is 1. The molecule has 0 atom stereocenters. The van der Waals surface area contributed by atoms with Crippen LogP contribution in [0.5, 0.6) is 0 Å². The summed E-state index contributed by atoms with van der Waals surface area (Å²) < 4.78 is 0. The Morgan fingerprint density at radius 3 is 2.80 bits per heavy atom. The van der Waals surface area contributed by atoms with Gasteiger partial charge in [0.15, 0.2) is 0 Å². The van der Waals surface area contributed by atoms with E-state index in [1.807, 2.05) is 0 Å². The number of aromatic nitrogens is 1.